The number of ether oxygens (including phenoxy) is 1. The molecule has 0 heterocycles. The number of aliphatic hydroxyl groups is 1. The van der Waals surface area contributed by atoms with Gasteiger partial charge in [0.25, 0.3) is 0 Å². The van der Waals surface area contributed by atoms with Gasteiger partial charge in [-0.15, -0.1) is 0 Å². The van der Waals surface area contributed by atoms with Crippen molar-refractivity contribution in [3.63, 3.8) is 0 Å². The molecule has 0 radical (unpaired) electrons. The molecule has 5 heteroatoms. The van der Waals surface area contributed by atoms with E-state index in [1.807, 2.05) is 6.92 Å². The molecule has 3 N–H and O–H groups in total. The number of hydrogen-bond donors (Lipinski definition) is 3. The molecule has 0 aromatic carbocycles. The van der Waals surface area contributed by atoms with Gasteiger partial charge in [0.2, 0.25) is 0 Å². The average Bonchev–Trinajstić information content (AvgIpc) is 2.72. The number of aliphatic imine (C=N–C) groups is 1. The van der Waals surface area contributed by atoms with Gasteiger partial charge in [0, 0.05) is 32.2 Å². The summed E-state index contributed by atoms with van der Waals surface area (Å²) >= 11 is 0. The number of nitrogens with zero attached hydrogens (tertiary/aromatic N) is 1. The van der Waals surface area contributed by atoms with E-state index in [1.165, 1.54) is 0 Å². The Labute approximate surface area is 110 Å². The first kappa shape index (κ1) is 15.2. The van der Waals surface area contributed by atoms with Crippen molar-refractivity contribution in [3.8, 4) is 0 Å². The minimum Gasteiger partial charge on any atom is -0.393 e. The summed E-state index contributed by atoms with van der Waals surface area (Å²) in [4.78, 5) is 4.55. The van der Waals surface area contributed by atoms with Crippen molar-refractivity contribution in [2.24, 2.45) is 10.9 Å². The Bertz CT molecular complexity index is 259. The average molecular weight is 257 g/mol. The summed E-state index contributed by atoms with van der Waals surface area (Å²) in [5.74, 6) is 1.12. The highest BCUT2D eigenvalue weighted by Crippen LogP contribution is 2.25. The standard InChI is InChI=1S/C13H27N3O2/c1-4-14-13(16-10(2)9-18-3)15-8-11-6-5-7-12(11)17/h10-12,17H,4-9H2,1-3H3,(H2,14,15,16). The highest BCUT2D eigenvalue weighted by molar-refractivity contribution is 5.80. The van der Waals surface area contributed by atoms with Gasteiger partial charge in [0.05, 0.1) is 12.7 Å². The summed E-state index contributed by atoms with van der Waals surface area (Å²) in [5, 5.41) is 16.3. The van der Waals surface area contributed by atoms with Gasteiger partial charge in [-0.3, -0.25) is 4.99 Å². The summed E-state index contributed by atoms with van der Waals surface area (Å²) < 4.78 is 5.09. The Balaban J connectivity index is 2.43. The zero-order valence-corrected chi connectivity index (χ0v) is 11.8. The number of nitrogens with one attached hydrogen (secondary N) is 2. The molecule has 18 heavy (non-hydrogen) atoms. The fourth-order valence-electron chi connectivity index (χ4n) is 2.28. The van der Waals surface area contributed by atoms with Crippen molar-refractivity contribution in [2.75, 3.05) is 26.8 Å². The second-order valence-corrected chi connectivity index (χ2v) is 4.98. The van der Waals surface area contributed by atoms with Gasteiger partial charge in [0.1, 0.15) is 0 Å². The maximum atomic E-state index is 9.77. The zero-order valence-electron chi connectivity index (χ0n) is 11.8. The van der Waals surface area contributed by atoms with E-state index in [1.54, 1.807) is 7.11 Å². The van der Waals surface area contributed by atoms with Crippen LogP contribution in [0.1, 0.15) is 33.1 Å². The number of guanidine groups is 1. The molecule has 0 aromatic heterocycles. The fourth-order valence-corrected chi connectivity index (χ4v) is 2.28. The third-order valence-corrected chi connectivity index (χ3v) is 3.25. The molecule has 5 nitrogen and oxygen atoms in total. The topological polar surface area (TPSA) is 65.9 Å². The molecule has 0 amide bonds. The van der Waals surface area contributed by atoms with Crippen LogP contribution >= 0.6 is 0 Å². The van der Waals surface area contributed by atoms with E-state index in [9.17, 15) is 5.11 Å². The molecular formula is C13H27N3O2. The van der Waals surface area contributed by atoms with Crippen LogP contribution in [-0.4, -0.2) is 50.0 Å². The Morgan fingerprint density at radius 1 is 1.50 bits per heavy atom. The van der Waals surface area contributed by atoms with Crippen molar-refractivity contribution >= 4 is 5.96 Å². The third kappa shape index (κ3) is 5.23. The van der Waals surface area contributed by atoms with E-state index in [4.69, 9.17) is 4.74 Å². The molecule has 0 aliphatic heterocycles. The normalized spacial score (nSPS) is 26.1. The van der Waals surface area contributed by atoms with Gasteiger partial charge in [-0.1, -0.05) is 6.42 Å². The largest absolute Gasteiger partial charge is 0.393 e. The van der Waals surface area contributed by atoms with Crippen molar-refractivity contribution in [3.05, 3.63) is 0 Å². The molecule has 0 spiro atoms. The number of methoxy groups -OCH3 is 1. The van der Waals surface area contributed by atoms with Crippen LogP contribution in [-0.2, 0) is 4.74 Å². The summed E-state index contributed by atoms with van der Waals surface area (Å²) in [5.41, 5.74) is 0. The van der Waals surface area contributed by atoms with Crippen LogP contribution in [0.2, 0.25) is 0 Å². The van der Waals surface area contributed by atoms with Crippen molar-refractivity contribution in [1.82, 2.24) is 10.6 Å². The quantitative estimate of drug-likeness (QED) is 0.485. The lowest BCUT2D eigenvalue weighted by Gasteiger charge is -2.18. The predicted molar refractivity (Wildman–Crippen MR) is 73.8 cm³/mol. The molecule has 3 unspecified atom stereocenters. The van der Waals surface area contributed by atoms with Crippen LogP contribution in [0, 0.1) is 5.92 Å². The maximum Gasteiger partial charge on any atom is 0.191 e. The Morgan fingerprint density at radius 2 is 2.28 bits per heavy atom. The molecule has 3 atom stereocenters. The number of rotatable bonds is 6. The number of hydrogen-bond acceptors (Lipinski definition) is 3. The minimum atomic E-state index is -0.173. The smallest absolute Gasteiger partial charge is 0.191 e. The lowest BCUT2D eigenvalue weighted by atomic mass is 10.1. The maximum absolute atomic E-state index is 9.77. The lowest BCUT2D eigenvalue weighted by molar-refractivity contribution is 0.136. The highest BCUT2D eigenvalue weighted by Gasteiger charge is 2.24. The second kappa shape index (κ2) is 8.32. The molecule has 1 saturated carbocycles. The molecule has 0 aromatic rings. The molecule has 0 saturated heterocycles. The van der Waals surface area contributed by atoms with Crippen LogP contribution in [0.15, 0.2) is 4.99 Å². The second-order valence-electron chi connectivity index (χ2n) is 4.98. The first-order valence-electron chi connectivity index (χ1n) is 6.89. The summed E-state index contributed by atoms with van der Waals surface area (Å²) in [6.45, 7) is 6.27. The van der Waals surface area contributed by atoms with Crippen LogP contribution in [0.5, 0.6) is 0 Å². The SMILES string of the molecule is CCNC(=NCC1CCCC1O)NC(C)COC. The van der Waals surface area contributed by atoms with Crippen LogP contribution in [0.4, 0.5) is 0 Å². The highest BCUT2D eigenvalue weighted by atomic mass is 16.5. The van der Waals surface area contributed by atoms with Gasteiger partial charge in [-0.25, -0.2) is 0 Å². The van der Waals surface area contributed by atoms with Crippen molar-refractivity contribution in [2.45, 2.75) is 45.3 Å². The van der Waals surface area contributed by atoms with Gasteiger partial charge in [-0.2, -0.15) is 0 Å². The van der Waals surface area contributed by atoms with E-state index in [2.05, 4.69) is 22.5 Å². The lowest BCUT2D eigenvalue weighted by Crippen LogP contribution is -2.44. The van der Waals surface area contributed by atoms with E-state index < -0.39 is 0 Å². The first-order valence-corrected chi connectivity index (χ1v) is 6.89. The fraction of sp³-hybridized carbons (Fsp3) is 0.923. The zero-order chi connectivity index (χ0) is 13.4. The third-order valence-electron chi connectivity index (χ3n) is 3.25. The van der Waals surface area contributed by atoms with E-state index in [-0.39, 0.29) is 12.1 Å². The Morgan fingerprint density at radius 3 is 2.83 bits per heavy atom. The van der Waals surface area contributed by atoms with Crippen LogP contribution < -0.4 is 10.6 Å². The number of aliphatic hydroxyl groups excluding tert-OH is 1. The Hall–Kier alpha value is -0.810. The van der Waals surface area contributed by atoms with Crippen molar-refractivity contribution in [1.29, 1.82) is 0 Å². The molecule has 1 aliphatic carbocycles. The summed E-state index contributed by atoms with van der Waals surface area (Å²) in [6.07, 6.45) is 2.95. The van der Waals surface area contributed by atoms with Gasteiger partial charge < -0.3 is 20.5 Å². The molecular weight excluding hydrogens is 230 g/mol. The monoisotopic (exact) mass is 257 g/mol. The van der Waals surface area contributed by atoms with E-state index >= 15 is 0 Å². The first-order chi connectivity index (χ1) is 8.67. The minimum absolute atomic E-state index is 0.173. The van der Waals surface area contributed by atoms with Gasteiger partial charge in [0.15, 0.2) is 5.96 Å². The molecule has 1 fully saturated rings. The van der Waals surface area contributed by atoms with Crippen LogP contribution in [0.25, 0.3) is 0 Å². The summed E-state index contributed by atoms with van der Waals surface area (Å²) in [7, 11) is 1.69. The summed E-state index contributed by atoms with van der Waals surface area (Å²) in [6, 6.07) is 0.223. The van der Waals surface area contributed by atoms with E-state index in [0.29, 0.717) is 19.1 Å². The predicted octanol–water partition coefficient (Wildman–Crippen LogP) is 0.737. The van der Waals surface area contributed by atoms with Crippen molar-refractivity contribution < 1.29 is 9.84 Å². The van der Waals surface area contributed by atoms with Gasteiger partial charge in [-0.05, 0) is 26.7 Å². The van der Waals surface area contributed by atoms with E-state index in [0.717, 1.165) is 31.8 Å². The van der Waals surface area contributed by atoms with Gasteiger partial charge >= 0.3 is 0 Å². The molecule has 1 aliphatic rings. The molecule has 106 valence electrons. The molecule has 1 rings (SSSR count). The molecule has 0 bridgehead atoms. The van der Waals surface area contributed by atoms with Crippen LogP contribution in [0.3, 0.4) is 0 Å². The Kier molecular flexibility index (Phi) is 7.05.